The van der Waals surface area contributed by atoms with Crippen LogP contribution in [0.3, 0.4) is 0 Å². The Morgan fingerprint density at radius 3 is 1.27 bits per heavy atom. The Balaban J connectivity index is 1.82. The van der Waals surface area contributed by atoms with Gasteiger partial charge in [-0.15, -0.1) is 0 Å². The van der Waals surface area contributed by atoms with Crippen molar-refractivity contribution in [2.24, 2.45) is 0 Å². The van der Waals surface area contributed by atoms with Crippen molar-refractivity contribution >= 4 is 17.7 Å². The molecule has 0 aliphatic heterocycles. The van der Waals surface area contributed by atoms with Gasteiger partial charge in [-0.3, -0.25) is 10.1 Å². The summed E-state index contributed by atoms with van der Waals surface area (Å²) in [6.07, 6.45) is 6.64. The molecule has 0 spiro atoms. The smallest absolute Gasteiger partial charge is 0.412 e. The number of para-hydroxylation sites is 2. The first-order chi connectivity index (χ1) is 28.5. The molecule has 318 valence electrons. The molecule has 5 rings (SSSR count). The van der Waals surface area contributed by atoms with Crippen molar-refractivity contribution in [1.82, 2.24) is 5.32 Å². The number of unbranched alkanes of at least 4 members (excludes halogenated alkanes) is 1. The largest absolute Gasteiger partial charge is 0.493 e. The molecule has 59 heavy (non-hydrogen) atoms. The van der Waals surface area contributed by atoms with Crippen LogP contribution < -0.4 is 29.6 Å². The quantitative estimate of drug-likeness (QED) is 0.0902. The van der Waals surface area contributed by atoms with E-state index in [9.17, 15) is 9.59 Å². The summed E-state index contributed by atoms with van der Waals surface area (Å²) >= 11 is 0. The molecule has 4 aromatic rings. The van der Waals surface area contributed by atoms with E-state index in [-0.39, 0.29) is 5.91 Å². The standard InChI is InChI=1S/C50H66N2O7/c1-9-14-21-51-48(53)42-30-38-26-34-17-15-19-36(44(34)55-22-10-2)28-40-32-43(52-49(54)59-50(6,7)8)33-41(47(40)58-25-13-5)29-37-20-16-18-35(45(37)56-23-11-3)27-39(31-42)46(38)57-24-12-4/h15-20,30-33H,9-14,21-29H2,1-8H3,(H,51,53)(H,52,54). The van der Waals surface area contributed by atoms with Gasteiger partial charge in [0.2, 0.25) is 0 Å². The zero-order valence-electron chi connectivity index (χ0n) is 36.7. The van der Waals surface area contributed by atoms with Crippen LogP contribution in [-0.4, -0.2) is 50.6 Å². The van der Waals surface area contributed by atoms with E-state index < -0.39 is 11.7 Å². The summed E-state index contributed by atoms with van der Waals surface area (Å²) in [7, 11) is 0. The third-order valence-corrected chi connectivity index (χ3v) is 9.89. The molecule has 2 N–H and O–H groups in total. The van der Waals surface area contributed by atoms with Crippen LogP contribution in [0.25, 0.3) is 0 Å². The van der Waals surface area contributed by atoms with Crippen LogP contribution in [-0.2, 0) is 30.4 Å². The minimum atomic E-state index is -0.664. The highest BCUT2D eigenvalue weighted by Crippen LogP contribution is 2.40. The minimum Gasteiger partial charge on any atom is -0.493 e. The van der Waals surface area contributed by atoms with Crippen molar-refractivity contribution in [3.05, 3.63) is 111 Å². The van der Waals surface area contributed by atoms with Gasteiger partial charge in [-0.1, -0.05) is 77.4 Å². The zero-order chi connectivity index (χ0) is 42.4. The molecule has 9 nitrogen and oxygen atoms in total. The zero-order valence-corrected chi connectivity index (χ0v) is 36.7. The molecule has 0 unspecified atom stereocenters. The number of hydrogen-bond acceptors (Lipinski definition) is 7. The highest BCUT2D eigenvalue weighted by Gasteiger charge is 2.25. The van der Waals surface area contributed by atoms with Crippen LogP contribution in [0, 0.1) is 0 Å². The van der Waals surface area contributed by atoms with Gasteiger partial charge >= 0.3 is 6.09 Å². The van der Waals surface area contributed by atoms with Gasteiger partial charge in [0.25, 0.3) is 5.91 Å². The van der Waals surface area contributed by atoms with Crippen molar-refractivity contribution in [1.29, 1.82) is 0 Å². The maximum Gasteiger partial charge on any atom is 0.412 e. The summed E-state index contributed by atoms with van der Waals surface area (Å²) in [5.74, 6) is 3.08. The van der Waals surface area contributed by atoms with E-state index in [0.717, 1.165) is 106 Å². The Labute approximate surface area is 352 Å². The fourth-order valence-corrected chi connectivity index (χ4v) is 7.35. The number of benzene rings is 4. The first-order valence-electron chi connectivity index (χ1n) is 21.8. The normalized spacial score (nSPS) is 12.3. The lowest BCUT2D eigenvalue weighted by Crippen LogP contribution is -2.27. The number of fused-ring (bicyclic) bond motifs is 8. The Kier molecular flexibility index (Phi) is 16.5. The van der Waals surface area contributed by atoms with E-state index in [0.29, 0.717) is 69.9 Å². The molecule has 0 fully saturated rings. The number of carbonyl (C=O) groups is 2. The maximum atomic E-state index is 13.8. The molecule has 0 heterocycles. The molecular formula is C50H66N2O7. The van der Waals surface area contributed by atoms with Gasteiger partial charge in [0, 0.05) is 54.6 Å². The van der Waals surface area contributed by atoms with Crippen molar-refractivity contribution < 1.29 is 33.3 Å². The van der Waals surface area contributed by atoms with E-state index in [2.05, 4.69) is 81.7 Å². The summed E-state index contributed by atoms with van der Waals surface area (Å²) in [6, 6.07) is 20.5. The number of ether oxygens (including phenoxy) is 5. The number of carbonyl (C=O) groups excluding carboxylic acids is 2. The van der Waals surface area contributed by atoms with Crippen molar-refractivity contribution in [2.45, 2.75) is 125 Å². The molecule has 4 aromatic carbocycles. The van der Waals surface area contributed by atoms with Gasteiger partial charge in [-0.05, 0) is 111 Å². The molecule has 0 atom stereocenters. The van der Waals surface area contributed by atoms with E-state index in [1.807, 2.05) is 45.0 Å². The topological polar surface area (TPSA) is 104 Å². The highest BCUT2D eigenvalue weighted by molar-refractivity contribution is 5.95. The van der Waals surface area contributed by atoms with Gasteiger partial charge in [-0.2, -0.15) is 0 Å². The SMILES string of the molecule is CCCCNC(=O)c1cc2c(OCCC)c(c1)Cc1cccc(c1OCCC)Cc1cc(NC(=O)OC(C)(C)C)cc(c1OCCC)Cc1cccc(c1OCCC)C2. The number of hydrogen-bond donors (Lipinski definition) is 2. The molecule has 0 saturated heterocycles. The summed E-state index contributed by atoms with van der Waals surface area (Å²) < 4.78 is 32.4. The second-order valence-corrected chi connectivity index (χ2v) is 16.4. The number of rotatable bonds is 17. The molecular weight excluding hydrogens is 741 g/mol. The third-order valence-electron chi connectivity index (χ3n) is 9.89. The maximum absolute atomic E-state index is 13.8. The lowest BCUT2D eigenvalue weighted by molar-refractivity contribution is 0.0635. The Morgan fingerprint density at radius 1 is 0.542 bits per heavy atom. The number of anilines is 1. The average Bonchev–Trinajstić information content (AvgIpc) is 3.18. The Hall–Kier alpha value is -5.18. The fourth-order valence-electron chi connectivity index (χ4n) is 7.35. The summed E-state index contributed by atoms with van der Waals surface area (Å²) in [5.41, 5.74) is 8.20. The summed E-state index contributed by atoms with van der Waals surface area (Å²) in [5, 5.41) is 6.18. The predicted molar refractivity (Wildman–Crippen MR) is 237 cm³/mol. The van der Waals surface area contributed by atoms with E-state index in [1.54, 1.807) is 0 Å². The second kappa shape index (κ2) is 21.7. The van der Waals surface area contributed by atoms with Crippen molar-refractivity contribution in [2.75, 3.05) is 38.3 Å². The van der Waals surface area contributed by atoms with Gasteiger partial charge in [0.05, 0.1) is 26.4 Å². The van der Waals surface area contributed by atoms with Crippen LogP contribution in [0.2, 0.25) is 0 Å². The molecule has 0 radical (unpaired) electrons. The molecule has 1 aliphatic rings. The van der Waals surface area contributed by atoms with Gasteiger partial charge in [0.15, 0.2) is 0 Å². The summed E-state index contributed by atoms with van der Waals surface area (Å²) in [6.45, 7) is 18.8. The Bertz CT molecular complexity index is 1930. The van der Waals surface area contributed by atoms with Crippen molar-refractivity contribution in [3.63, 3.8) is 0 Å². The van der Waals surface area contributed by atoms with Crippen LogP contribution >= 0.6 is 0 Å². The van der Waals surface area contributed by atoms with Crippen LogP contribution in [0.1, 0.15) is 149 Å². The monoisotopic (exact) mass is 806 g/mol. The number of nitrogens with one attached hydrogen (secondary N) is 2. The van der Waals surface area contributed by atoms with Gasteiger partial charge in [-0.25, -0.2) is 4.79 Å². The van der Waals surface area contributed by atoms with E-state index in [1.165, 1.54) is 0 Å². The molecule has 0 saturated carbocycles. The van der Waals surface area contributed by atoms with Crippen LogP contribution in [0.5, 0.6) is 23.0 Å². The molecule has 0 aromatic heterocycles. The highest BCUT2D eigenvalue weighted by atomic mass is 16.6. The predicted octanol–water partition coefficient (Wildman–Crippen LogP) is 11.4. The van der Waals surface area contributed by atoms with Gasteiger partial charge < -0.3 is 29.0 Å². The number of amides is 2. The second-order valence-electron chi connectivity index (χ2n) is 16.4. The average molecular weight is 807 g/mol. The van der Waals surface area contributed by atoms with Crippen molar-refractivity contribution in [3.8, 4) is 23.0 Å². The van der Waals surface area contributed by atoms with Gasteiger partial charge in [0.1, 0.15) is 28.6 Å². The molecule has 1 aliphatic carbocycles. The van der Waals surface area contributed by atoms with E-state index in [4.69, 9.17) is 23.7 Å². The van der Waals surface area contributed by atoms with Crippen LogP contribution in [0.15, 0.2) is 60.7 Å². The first kappa shape index (κ1) is 44.9. The minimum absolute atomic E-state index is 0.0984. The molecule has 2 amide bonds. The lowest BCUT2D eigenvalue weighted by Gasteiger charge is -2.24. The molecule has 8 bridgehead atoms. The lowest BCUT2D eigenvalue weighted by atomic mass is 9.90. The van der Waals surface area contributed by atoms with E-state index >= 15 is 0 Å². The van der Waals surface area contributed by atoms with Crippen LogP contribution in [0.4, 0.5) is 10.5 Å². The first-order valence-corrected chi connectivity index (χ1v) is 21.8. The fraction of sp³-hybridized carbons (Fsp3) is 0.480. The Morgan fingerprint density at radius 2 is 0.915 bits per heavy atom. The third kappa shape index (κ3) is 12.4. The summed E-state index contributed by atoms with van der Waals surface area (Å²) in [4.78, 5) is 27.1. The molecule has 9 heteroatoms.